The fourth-order valence-corrected chi connectivity index (χ4v) is 2.90. The molecule has 1 aliphatic rings. The highest BCUT2D eigenvalue weighted by atomic mass is 35.5. The van der Waals surface area contributed by atoms with E-state index in [9.17, 15) is 9.59 Å². The Morgan fingerprint density at radius 3 is 2.65 bits per heavy atom. The Bertz CT molecular complexity index is 857. The minimum Gasteiger partial charge on any atom is -0.454 e. The van der Waals surface area contributed by atoms with Crippen molar-refractivity contribution in [3.05, 3.63) is 52.0 Å². The van der Waals surface area contributed by atoms with Crippen molar-refractivity contribution < 1.29 is 19.1 Å². The number of nitrogens with zero attached hydrogens (tertiary/aromatic N) is 1. The Hall–Kier alpha value is -2.44. The summed E-state index contributed by atoms with van der Waals surface area (Å²) in [4.78, 5) is 25.5. The first-order valence-corrected chi connectivity index (χ1v) is 8.58. The fourth-order valence-electron chi connectivity index (χ4n) is 2.51. The summed E-state index contributed by atoms with van der Waals surface area (Å²) in [5.41, 5.74) is 1.25. The van der Waals surface area contributed by atoms with E-state index < -0.39 is 0 Å². The highest BCUT2D eigenvalue weighted by molar-refractivity contribution is 6.35. The molecule has 136 valence electrons. The number of fused-ring (bicyclic) bond motifs is 1. The average molecular weight is 395 g/mol. The summed E-state index contributed by atoms with van der Waals surface area (Å²) >= 11 is 12.1. The molecule has 2 amide bonds. The van der Waals surface area contributed by atoms with Gasteiger partial charge in [-0.25, -0.2) is 0 Å². The van der Waals surface area contributed by atoms with Gasteiger partial charge in [-0.2, -0.15) is 0 Å². The van der Waals surface area contributed by atoms with E-state index in [-0.39, 0.29) is 25.2 Å². The molecule has 0 unspecified atom stereocenters. The first kappa shape index (κ1) is 18.4. The monoisotopic (exact) mass is 394 g/mol. The number of rotatable bonds is 5. The third-order valence-electron chi connectivity index (χ3n) is 3.81. The number of ether oxygens (including phenoxy) is 2. The molecule has 8 heteroatoms. The molecule has 0 spiro atoms. The zero-order valence-corrected chi connectivity index (χ0v) is 15.4. The molecule has 0 fully saturated rings. The van der Waals surface area contributed by atoms with E-state index in [1.807, 2.05) is 6.07 Å². The van der Waals surface area contributed by atoms with Gasteiger partial charge in [-0.1, -0.05) is 29.3 Å². The molecule has 3 rings (SSSR count). The van der Waals surface area contributed by atoms with E-state index in [0.717, 1.165) is 5.56 Å². The molecule has 26 heavy (non-hydrogen) atoms. The number of halogens is 2. The molecule has 1 heterocycles. The summed E-state index contributed by atoms with van der Waals surface area (Å²) in [5.74, 6) is 0.688. The molecule has 0 bridgehead atoms. The van der Waals surface area contributed by atoms with E-state index >= 15 is 0 Å². The van der Waals surface area contributed by atoms with Crippen LogP contribution in [0, 0.1) is 0 Å². The van der Waals surface area contributed by atoms with E-state index in [1.165, 1.54) is 11.8 Å². The van der Waals surface area contributed by atoms with Crippen molar-refractivity contribution >= 4 is 40.7 Å². The molecule has 2 aromatic rings. The molecular formula is C18H16Cl2N2O4. The molecule has 1 aliphatic heterocycles. The van der Waals surface area contributed by atoms with Crippen molar-refractivity contribution in [2.75, 3.05) is 18.2 Å². The number of carbonyl (C=O) groups is 2. The number of anilines is 1. The van der Waals surface area contributed by atoms with E-state index in [1.54, 1.807) is 30.3 Å². The zero-order chi connectivity index (χ0) is 18.7. The van der Waals surface area contributed by atoms with Crippen LogP contribution in [0.1, 0.15) is 12.5 Å². The van der Waals surface area contributed by atoms with Crippen molar-refractivity contribution in [1.29, 1.82) is 0 Å². The van der Waals surface area contributed by atoms with E-state index in [2.05, 4.69) is 5.32 Å². The van der Waals surface area contributed by atoms with Crippen LogP contribution < -0.4 is 19.7 Å². The lowest BCUT2D eigenvalue weighted by Gasteiger charge is -2.22. The molecule has 0 atom stereocenters. The minimum atomic E-state index is -0.325. The summed E-state index contributed by atoms with van der Waals surface area (Å²) in [5, 5.41) is 3.54. The highest BCUT2D eigenvalue weighted by Gasteiger charge is 2.19. The fraction of sp³-hybridized carbons (Fsp3) is 0.222. The number of benzene rings is 2. The van der Waals surface area contributed by atoms with Gasteiger partial charge in [-0.05, 0) is 35.9 Å². The van der Waals surface area contributed by atoms with E-state index in [0.29, 0.717) is 33.8 Å². The van der Waals surface area contributed by atoms with Gasteiger partial charge in [-0.3, -0.25) is 9.59 Å². The number of nitrogens with one attached hydrogen (secondary N) is 1. The molecule has 2 aromatic carbocycles. The Kier molecular flexibility index (Phi) is 5.54. The third-order valence-corrected chi connectivity index (χ3v) is 4.36. The van der Waals surface area contributed by atoms with Crippen LogP contribution in [0.25, 0.3) is 0 Å². The number of amides is 2. The van der Waals surface area contributed by atoms with Crippen LogP contribution in [0.3, 0.4) is 0 Å². The van der Waals surface area contributed by atoms with Gasteiger partial charge in [0.2, 0.25) is 18.6 Å². The summed E-state index contributed by atoms with van der Waals surface area (Å²) in [7, 11) is 0. The number of carbonyl (C=O) groups excluding carboxylic acids is 2. The molecule has 0 saturated carbocycles. The van der Waals surface area contributed by atoms with Crippen LogP contribution in [0.4, 0.5) is 5.69 Å². The average Bonchev–Trinajstić information content (AvgIpc) is 3.07. The SMILES string of the molecule is CC(=O)N(CC(=O)NCc1ccc2c(c1)OCO2)c1cc(Cl)ccc1Cl. The smallest absolute Gasteiger partial charge is 0.240 e. The van der Waals surface area contributed by atoms with Crippen molar-refractivity contribution in [3.8, 4) is 11.5 Å². The van der Waals surface area contributed by atoms with Crippen LogP contribution >= 0.6 is 23.2 Å². The predicted molar refractivity (Wildman–Crippen MR) is 98.9 cm³/mol. The van der Waals surface area contributed by atoms with Crippen LogP contribution in [-0.4, -0.2) is 25.2 Å². The lowest BCUT2D eigenvalue weighted by molar-refractivity contribution is -0.123. The standard InChI is InChI=1S/C18H16Cl2N2O4/c1-11(23)22(15-7-13(19)3-4-14(15)20)9-18(24)21-8-12-2-5-16-17(6-12)26-10-25-16/h2-7H,8-10H2,1H3,(H,21,24). The molecule has 1 N–H and O–H groups in total. The molecule has 0 aromatic heterocycles. The van der Waals surface area contributed by atoms with Crippen molar-refractivity contribution in [2.24, 2.45) is 0 Å². The summed E-state index contributed by atoms with van der Waals surface area (Å²) in [6.07, 6.45) is 0. The van der Waals surface area contributed by atoms with Crippen LogP contribution in [0.15, 0.2) is 36.4 Å². The lowest BCUT2D eigenvalue weighted by atomic mass is 10.2. The molecule has 6 nitrogen and oxygen atoms in total. The molecule has 0 saturated heterocycles. The topological polar surface area (TPSA) is 67.9 Å². The van der Waals surface area contributed by atoms with Crippen LogP contribution in [0.5, 0.6) is 11.5 Å². The van der Waals surface area contributed by atoms with Crippen molar-refractivity contribution in [3.63, 3.8) is 0 Å². The first-order valence-electron chi connectivity index (χ1n) is 7.82. The zero-order valence-electron chi connectivity index (χ0n) is 13.9. The Labute approximate surface area is 160 Å². The third kappa shape index (κ3) is 4.20. The quantitative estimate of drug-likeness (QED) is 0.843. The second-order valence-electron chi connectivity index (χ2n) is 5.67. The van der Waals surface area contributed by atoms with Gasteiger partial charge in [0.05, 0.1) is 10.7 Å². The molecule has 0 radical (unpaired) electrons. The minimum absolute atomic E-state index is 0.167. The maximum Gasteiger partial charge on any atom is 0.240 e. The van der Waals surface area contributed by atoms with Crippen LogP contribution in [-0.2, 0) is 16.1 Å². The van der Waals surface area contributed by atoms with Crippen molar-refractivity contribution in [2.45, 2.75) is 13.5 Å². The Balaban J connectivity index is 1.65. The Morgan fingerprint density at radius 1 is 1.12 bits per heavy atom. The second-order valence-corrected chi connectivity index (χ2v) is 6.51. The van der Waals surface area contributed by atoms with E-state index in [4.69, 9.17) is 32.7 Å². The van der Waals surface area contributed by atoms with Gasteiger partial charge < -0.3 is 19.7 Å². The van der Waals surface area contributed by atoms with Gasteiger partial charge >= 0.3 is 0 Å². The predicted octanol–water partition coefficient (Wildman–Crippen LogP) is 3.39. The summed E-state index contributed by atoms with van der Waals surface area (Å²) in [6.45, 7) is 1.69. The largest absolute Gasteiger partial charge is 0.454 e. The number of hydrogen-bond acceptors (Lipinski definition) is 4. The normalized spacial score (nSPS) is 12.0. The van der Waals surface area contributed by atoms with Gasteiger partial charge in [0.25, 0.3) is 0 Å². The first-order chi connectivity index (χ1) is 12.4. The molecular weight excluding hydrogens is 379 g/mol. The van der Waals surface area contributed by atoms with Crippen molar-refractivity contribution in [1.82, 2.24) is 5.32 Å². The van der Waals surface area contributed by atoms with Gasteiger partial charge in [0.1, 0.15) is 6.54 Å². The van der Waals surface area contributed by atoms with Crippen LogP contribution in [0.2, 0.25) is 10.0 Å². The molecule has 0 aliphatic carbocycles. The summed E-state index contributed by atoms with van der Waals surface area (Å²) in [6, 6.07) is 10.2. The number of hydrogen-bond donors (Lipinski definition) is 1. The maximum absolute atomic E-state index is 12.3. The Morgan fingerprint density at radius 2 is 1.88 bits per heavy atom. The lowest BCUT2D eigenvalue weighted by Crippen LogP contribution is -2.39. The maximum atomic E-state index is 12.3. The summed E-state index contributed by atoms with van der Waals surface area (Å²) < 4.78 is 10.6. The van der Waals surface area contributed by atoms with Gasteiger partial charge in [-0.15, -0.1) is 0 Å². The van der Waals surface area contributed by atoms with Gasteiger partial charge in [0.15, 0.2) is 11.5 Å². The second kappa shape index (κ2) is 7.85. The van der Waals surface area contributed by atoms with Gasteiger partial charge in [0, 0.05) is 18.5 Å². The highest BCUT2D eigenvalue weighted by Crippen LogP contribution is 2.32.